The molecule has 5 heavy (non-hydrogen) atoms. The van der Waals surface area contributed by atoms with E-state index in [0.29, 0.717) is 0 Å². The van der Waals surface area contributed by atoms with E-state index in [9.17, 15) is 0 Å². The van der Waals surface area contributed by atoms with Crippen molar-refractivity contribution in [3.8, 4) is 0 Å². The van der Waals surface area contributed by atoms with Gasteiger partial charge in [0.25, 0.3) is 0 Å². The Kier molecular flexibility index (Phi) is 4.46. The maximum atomic E-state index is 6.47. The molecule has 0 bridgehead atoms. The van der Waals surface area contributed by atoms with Gasteiger partial charge >= 0.3 is 0 Å². The average molecular weight is 94.5 g/mol. The summed E-state index contributed by atoms with van der Waals surface area (Å²) in [6.45, 7) is 0. The van der Waals surface area contributed by atoms with Crippen molar-refractivity contribution in [2.45, 2.75) is 19.3 Å². The molecule has 0 amide bonds. The predicted octanol–water partition coefficient (Wildman–Crippen LogP) is 1.30. The largest absolute Gasteiger partial charge is 0.295 e. The highest BCUT2D eigenvalue weighted by Crippen LogP contribution is 2.14. The summed E-state index contributed by atoms with van der Waals surface area (Å²) in [6, 6.07) is 0. The van der Waals surface area contributed by atoms with Gasteiger partial charge < -0.3 is 0 Å². The van der Waals surface area contributed by atoms with Crippen molar-refractivity contribution in [1.82, 2.24) is 0 Å². The van der Waals surface area contributed by atoms with Crippen LogP contribution in [0.3, 0.4) is 0 Å². The number of hydrogen-bond donors (Lipinski definition) is 1. The van der Waals surface area contributed by atoms with Crippen molar-refractivity contribution in [3.05, 3.63) is 0 Å². The second kappa shape index (κ2) is 4.25. The minimum atomic E-state index is 1.50. The van der Waals surface area contributed by atoms with Crippen molar-refractivity contribution in [2.75, 3.05) is 0 Å². The van der Waals surface area contributed by atoms with Gasteiger partial charge in [-0.2, -0.15) is 0 Å². The molecule has 0 radical (unpaired) electrons. The second-order valence-electron chi connectivity index (χ2n) is 1.06. The number of hydrogen-bond acceptors (Lipinski definition) is 1. The quantitative estimate of drug-likeness (QED) is 0.480. The SMILES string of the molecule is C1CC1.OCl. The highest BCUT2D eigenvalue weighted by atomic mass is 35.5. The summed E-state index contributed by atoms with van der Waals surface area (Å²) in [5.41, 5.74) is 0. The van der Waals surface area contributed by atoms with Crippen LogP contribution in [0.5, 0.6) is 0 Å². The van der Waals surface area contributed by atoms with Gasteiger partial charge in [0, 0.05) is 0 Å². The summed E-state index contributed by atoms with van der Waals surface area (Å²) in [5.74, 6) is 0. The van der Waals surface area contributed by atoms with Crippen molar-refractivity contribution in [2.24, 2.45) is 0 Å². The van der Waals surface area contributed by atoms with E-state index in [0.717, 1.165) is 0 Å². The van der Waals surface area contributed by atoms with E-state index in [1.165, 1.54) is 19.3 Å². The van der Waals surface area contributed by atoms with Crippen LogP contribution in [-0.4, -0.2) is 4.66 Å². The van der Waals surface area contributed by atoms with Crippen LogP contribution < -0.4 is 0 Å². The molecule has 1 aliphatic carbocycles. The van der Waals surface area contributed by atoms with E-state index in [4.69, 9.17) is 4.66 Å². The third kappa shape index (κ3) is 13.8. The smallest absolute Gasteiger partial charge is 0.0579 e. The predicted molar refractivity (Wildman–Crippen MR) is 21.9 cm³/mol. The van der Waals surface area contributed by atoms with Crippen LogP contribution in [0.25, 0.3) is 0 Å². The molecular formula is C3H7ClO. The average Bonchev–Trinajstić information content (AvgIpc) is 2.19. The van der Waals surface area contributed by atoms with Gasteiger partial charge in [-0.05, 0) is 0 Å². The molecular weight excluding hydrogens is 87.5 g/mol. The fraction of sp³-hybridized carbons (Fsp3) is 1.00. The van der Waals surface area contributed by atoms with E-state index in [1.807, 2.05) is 0 Å². The Morgan fingerprint density at radius 3 is 1.20 bits per heavy atom. The Hall–Kier alpha value is 0.250. The highest BCUT2D eigenvalue weighted by molar-refractivity contribution is 6.04. The van der Waals surface area contributed by atoms with Crippen molar-refractivity contribution >= 4 is 11.9 Å². The lowest BCUT2D eigenvalue weighted by Gasteiger charge is -1.13. The van der Waals surface area contributed by atoms with Crippen LogP contribution in [0, 0.1) is 0 Å². The van der Waals surface area contributed by atoms with Crippen LogP contribution >= 0.6 is 11.9 Å². The topological polar surface area (TPSA) is 20.2 Å². The van der Waals surface area contributed by atoms with Crippen LogP contribution in [0.1, 0.15) is 19.3 Å². The van der Waals surface area contributed by atoms with Crippen LogP contribution in [0.4, 0.5) is 0 Å². The summed E-state index contributed by atoms with van der Waals surface area (Å²) >= 11 is 3.64. The molecule has 0 unspecified atom stereocenters. The van der Waals surface area contributed by atoms with Gasteiger partial charge in [0.15, 0.2) is 0 Å². The maximum Gasteiger partial charge on any atom is 0.0579 e. The molecule has 1 rings (SSSR count). The van der Waals surface area contributed by atoms with Gasteiger partial charge in [0.1, 0.15) is 0 Å². The molecule has 0 aliphatic heterocycles. The van der Waals surface area contributed by atoms with Gasteiger partial charge in [0.2, 0.25) is 0 Å². The van der Waals surface area contributed by atoms with E-state index < -0.39 is 0 Å². The lowest BCUT2D eigenvalue weighted by atomic mass is 11.0. The first-order valence-corrected chi connectivity index (χ1v) is 2.01. The van der Waals surface area contributed by atoms with Gasteiger partial charge in [-0.15, -0.1) is 0 Å². The van der Waals surface area contributed by atoms with Crippen LogP contribution in [0.2, 0.25) is 0 Å². The zero-order valence-electron chi connectivity index (χ0n) is 2.95. The molecule has 0 spiro atoms. The van der Waals surface area contributed by atoms with E-state index in [-0.39, 0.29) is 0 Å². The molecule has 0 heterocycles. The minimum Gasteiger partial charge on any atom is -0.295 e. The Balaban J connectivity index is 0.0000000733. The summed E-state index contributed by atoms with van der Waals surface area (Å²) < 4.78 is 6.47. The molecule has 0 aromatic heterocycles. The number of halogens is 1. The first-order chi connectivity index (χ1) is 2.50. The molecule has 1 fully saturated rings. The van der Waals surface area contributed by atoms with E-state index in [1.54, 1.807) is 0 Å². The zero-order valence-corrected chi connectivity index (χ0v) is 3.70. The lowest BCUT2D eigenvalue weighted by molar-refractivity contribution is 0.632. The zero-order chi connectivity index (χ0) is 4.12. The third-order valence-electron chi connectivity index (χ3n) is 0.354. The summed E-state index contributed by atoms with van der Waals surface area (Å²) in [5, 5.41) is 0. The Morgan fingerprint density at radius 2 is 1.20 bits per heavy atom. The van der Waals surface area contributed by atoms with Gasteiger partial charge in [-0.25, -0.2) is 0 Å². The first kappa shape index (κ1) is 5.25. The molecule has 0 saturated heterocycles. The highest BCUT2D eigenvalue weighted by Gasteiger charge is 1.95. The van der Waals surface area contributed by atoms with Gasteiger partial charge in [0.05, 0.1) is 11.9 Å². The molecule has 1 aliphatic rings. The van der Waals surface area contributed by atoms with Gasteiger partial charge in [-0.1, -0.05) is 19.3 Å². The van der Waals surface area contributed by atoms with Crippen LogP contribution in [0.15, 0.2) is 0 Å². The molecule has 1 N–H and O–H groups in total. The van der Waals surface area contributed by atoms with Crippen LogP contribution in [-0.2, 0) is 0 Å². The molecule has 2 heteroatoms. The molecule has 0 atom stereocenters. The lowest BCUT2D eigenvalue weighted by Crippen LogP contribution is -0.913. The Labute approximate surface area is 36.7 Å². The number of rotatable bonds is 0. The Bertz CT molecular complexity index is 11.6. The standard InChI is InChI=1S/C3H6.ClHO/c1-2-3-1;1-2/h1-3H2;2H. The van der Waals surface area contributed by atoms with E-state index >= 15 is 0 Å². The van der Waals surface area contributed by atoms with Crippen molar-refractivity contribution in [3.63, 3.8) is 0 Å². The summed E-state index contributed by atoms with van der Waals surface area (Å²) in [6.07, 6.45) is 4.50. The Morgan fingerprint density at radius 1 is 1.00 bits per heavy atom. The molecule has 1 nitrogen and oxygen atoms in total. The molecule has 0 aromatic rings. The van der Waals surface area contributed by atoms with Crippen molar-refractivity contribution < 1.29 is 4.66 Å². The molecule has 32 valence electrons. The monoisotopic (exact) mass is 94.0 g/mol. The van der Waals surface area contributed by atoms with E-state index in [2.05, 4.69) is 11.9 Å². The minimum absolute atomic E-state index is 1.50. The fourth-order valence-electron chi connectivity index (χ4n) is 0. The van der Waals surface area contributed by atoms with Crippen molar-refractivity contribution in [1.29, 1.82) is 0 Å². The van der Waals surface area contributed by atoms with Gasteiger partial charge in [-0.3, -0.25) is 4.66 Å². The normalized spacial score (nSPS) is 15.6. The molecule has 0 aromatic carbocycles. The third-order valence-corrected chi connectivity index (χ3v) is 0.354. The fourth-order valence-corrected chi connectivity index (χ4v) is 0. The molecule has 1 saturated carbocycles. The summed E-state index contributed by atoms with van der Waals surface area (Å²) in [7, 11) is 0. The second-order valence-corrected chi connectivity index (χ2v) is 1.06. The first-order valence-electron chi connectivity index (χ1n) is 1.67. The maximum absolute atomic E-state index is 6.47. The summed E-state index contributed by atoms with van der Waals surface area (Å²) in [4.78, 5) is 0.